The SMILES string of the molecule is Cc1occc1C(=O)NCc1cccc(O)c1. The van der Waals surface area contributed by atoms with Gasteiger partial charge in [0, 0.05) is 6.54 Å². The van der Waals surface area contributed by atoms with Crippen LogP contribution in [0.2, 0.25) is 0 Å². The number of phenols is 1. The van der Waals surface area contributed by atoms with Crippen LogP contribution in [0.3, 0.4) is 0 Å². The van der Waals surface area contributed by atoms with Crippen LogP contribution in [0.1, 0.15) is 21.7 Å². The number of amides is 1. The van der Waals surface area contributed by atoms with Crippen molar-refractivity contribution in [1.29, 1.82) is 0 Å². The second-order valence-corrected chi connectivity index (χ2v) is 3.74. The standard InChI is InChI=1S/C13H13NO3/c1-9-12(5-6-17-9)13(16)14-8-10-3-2-4-11(15)7-10/h2-7,15H,8H2,1H3,(H,14,16). The monoisotopic (exact) mass is 231 g/mol. The zero-order valence-corrected chi connectivity index (χ0v) is 9.43. The first-order valence-electron chi connectivity index (χ1n) is 5.27. The molecule has 4 heteroatoms. The number of hydrogen-bond donors (Lipinski definition) is 2. The average molecular weight is 231 g/mol. The summed E-state index contributed by atoms with van der Waals surface area (Å²) in [6, 6.07) is 8.41. The van der Waals surface area contributed by atoms with Crippen LogP contribution in [0.15, 0.2) is 41.0 Å². The normalized spacial score (nSPS) is 10.2. The van der Waals surface area contributed by atoms with E-state index in [1.54, 1.807) is 31.2 Å². The Morgan fingerprint density at radius 3 is 2.88 bits per heavy atom. The lowest BCUT2D eigenvalue weighted by molar-refractivity contribution is 0.0949. The highest BCUT2D eigenvalue weighted by atomic mass is 16.3. The minimum atomic E-state index is -0.181. The van der Waals surface area contributed by atoms with Gasteiger partial charge in [-0.3, -0.25) is 4.79 Å². The summed E-state index contributed by atoms with van der Waals surface area (Å²) in [5, 5.41) is 12.0. The Balaban J connectivity index is 1.99. The number of carbonyl (C=O) groups excluding carboxylic acids is 1. The molecule has 0 spiro atoms. The third-order valence-electron chi connectivity index (χ3n) is 2.47. The van der Waals surface area contributed by atoms with Crippen LogP contribution < -0.4 is 5.32 Å². The highest BCUT2D eigenvalue weighted by Crippen LogP contribution is 2.12. The zero-order valence-electron chi connectivity index (χ0n) is 9.43. The van der Waals surface area contributed by atoms with Gasteiger partial charge >= 0.3 is 0 Å². The van der Waals surface area contributed by atoms with Gasteiger partial charge in [-0.2, -0.15) is 0 Å². The second kappa shape index (κ2) is 4.74. The Morgan fingerprint density at radius 1 is 1.41 bits per heavy atom. The van der Waals surface area contributed by atoms with Gasteiger partial charge in [0.25, 0.3) is 5.91 Å². The van der Waals surface area contributed by atoms with E-state index in [0.29, 0.717) is 17.9 Å². The average Bonchev–Trinajstić information content (AvgIpc) is 2.72. The van der Waals surface area contributed by atoms with Crippen molar-refractivity contribution in [3.63, 3.8) is 0 Å². The Hall–Kier alpha value is -2.23. The molecule has 0 aliphatic carbocycles. The van der Waals surface area contributed by atoms with Gasteiger partial charge < -0.3 is 14.8 Å². The third-order valence-corrected chi connectivity index (χ3v) is 2.47. The lowest BCUT2D eigenvalue weighted by Gasteiger charge is -2.04. The van der Waals surface area contributed by atoms with E-state index in [1.807, 2.05) is 6.07 Å². The van der Waals surface area contributed by atoms with E-state index in [2.05, 4.69) is 5.32 Å². The molecule has 0 saturated heterocycles. The number of furan rings is 1. The fraction of sp³-hybridized carbons (Fsp3) is 0.154. The Bertz CT molecular complexity index is 531. The quantitative estimate of drug-likeness (QED) is 0.851. The number of nitrogens with one attached hydrogen (secondary N) is 1. The van der Waals surface area contributed by atoms with Crippen LogP contribution >= 0.6 is 0 Å². The van der Waals surface area contributed by atoms with Crippen LogP contribution in [-0.4, -0.2) is 11.0 Å². The molecule has 1 aromatic carbocycles. The van der Waals surface area contributed by atoms with Crippen LogP contribution in [0, 0.1) is 6.92 Å². The Labute approximate surface area is 98.9 Å². The molecule has 17 heavy (non-hydrogen) atoms. The van der Waals surface area contributed by atoms with E-state index in [4.69, 9.17) is 4.42 Å². The number of rotatable bonds is 3. The first-order valence-corrected chi connectivity index (χ1v) is 5.27. The molecule has 1 amide bonds. The molecule has 0 saturated carbocycles. The minimum Gasteiger partial charge on any atom is -0.508 e. The van der Waals surface area contributed by atoms with E-state index >= 15 is 0 Å². The number of phenolic OH excluding ortho intramolecular Hbond substituents is 1. The molecule has 2 rings (SSSR count). The zero-order chi connectivity index (χ0) is 12.3. The number of aryl methyl sites for hydroxylation is 1. The number of benzene rings is 1. The predicted molar refractivity (Wildman–Crippen MR) is 62.7 cm³/mol. The van der Waals surface area contributed by atoms with Gasteiger partial charge in [-0.15, -0.1) is 0 Å². The van der Waals surface area contributed by atoms with Crippen molar-refractivity contribution in [2.24, 2.45) is 0 Å². The molecule has 2 aromatic rings. The summed E-state index contributed by atoms with van der Waals surface area (Å²) in [6.07, 6.45) is 1.48. The Morgan fingerprint density at radius 2 is 2.24 bits per heavy atom. The third kappa shape index (κ3) is 2.66. The molecule has 88 valence electrons. The maximum Gasteiger partial charge on any atom is 0.255 e. The van der Waals surface area contributed by atoms with Gasteiger partial charge in [0.15, 0.2) is 0 Å². The molecule has 4 nitrogen and oxygen atoms in total. The summed E-state index contributed by atoms with van der Waals surface area (Å²) in [5.74, 6) is 0.606. The van der Waals surface area contributed by atoms with E-state index in [-0.39, 0.29) is 11.7 Å². The summed E-state index contributed by atoms with van der Waals surface area (Å²) in [4.78, 5) is 11.8. The maximum atomic E-state index is 11.8. The molecular weight excluding hydrogens is 218 g/mol. The molecular formula is C13H13NO3. The van der Waals surface area contributed by atoms with Gasteiger partial charge in [-0.05, 0) is 30.7 Å². The van der Waals surface area contributed by atoms with Crippen LogP contribution in [-0.2, 0) is 6.54 Å². The molecule has 0 fully saturated rings. The summed E-state index contributed by atoms with van der Waals surface area (Å²) in [7, 11) is 0. The molecule has 0 radical (unpaired) electrons. The van der Waals surface area contributed by atoms with Gasteiger partial charge in [-0.1, -0.05) is 12.1 Å². The highest BCUT2D eigenvalue weighted by molar-refractivity contribution is 5.94. The van der Waals surface area contributed by atoms with Crippen molar-refractivity contribution in [3.05, 3.63) is 53.5 Å². The van der Waals surface area contributed by atoms with E-state index in [9.17, 15) is 9.90 Å². The van der Waals surface area contributed by atoms with Crippen molar-refractivity contribution in [2.75, 3.05) is 0 Å². The number of aromatic hydroxyl groups is 1. The molecule has 0 atom stereocenters. The minimum absolute atomic E-state index is 0.181. The molecule has 0 unspecified atom stereocenters. The molecule has 1 aromatic heterocycles. The molecule has 0 aliphatic heterocycles. The van der Waals surface area contributed by atoms with Gasteiger partial charge in [0.2, 0.25) is 0 Å². The van der Waals surface area contributed by atoms with Crippen molar-refractivity contribution in [2.45, 2.75) is 13.5 Å². The fourth-order valence-corrected chi connectivity index (χ4v) is 1.56. The maximum absolute atomic E-state index is 11.8. The van der Waals surface area contributed by atoms with Crippen molar-refractivity contribution < 1.29 is 14.3 Å². The first-order chi connectivity index (χ1) is 8.16. The van der Waals surface area contributed by atoms with Crippen molar-refractivity contribution >= 4 is 5.91 Å². The fourth-order valence-electron chi connectivity index (χ4n) is 1.56. The summed E-state index contributed by atoms with van der Waals surface area (Å²) in [5.41, 5.74) is 1.38. The van der Waals surface area contributed by atoms with Gasteiger partial charge in [-0.25, -0.2) is 0 Å². The largest absolute Gasteiger partial charge is 0.508 e. The number of hydrogen-bond acceptors (Lipinski definition) is 3. The summed E-state index contributed by atoms with van der Waals surface area (Å²) < 4.78 is 5.06. The summed E-state index contributed by atoms with van der Waals surface area (Å²) >= 11 is 0. The molecule has 0 aliphatic rings. The molecule has 0 bridgehead atoms. The van der Waals surface area contributed by atoms with E-state index in [1.165, 1.54) is 6.26 Å². The topological polar surface area (TPSA) is 62.5 Å². The van der Waals surface area contributed by atoms with Crippen LogP contribution in [0.4, 0.5) is 0 Å². The van der Waals surface area contributed by atoms with Crippen LogP contribution in [0.5, 0.6) is 5.75 Å². The van der Waals surface area contributed by atoms with Crippen molar-refractivity contribution in [1.82, 2.24) is 5.32 Å². The van der Waals surface area contributed by atoms with Gasteiger partial charge in [0.1, 0.15) is 11.5 Å². The summed E-state index contributed by atoms with van der Waals surface area (Å²) in [6.45, 7) is 2.11. The second-order valence-electron chi connectivity index (χ2n) is 3.74. The van der Waals surface area contributed by atoms with Gasteiger partial charge in [0.05, 0.1) is 11.8 Å². The lowest BCUT2D eigenvalue weighted by Crippen LogP contribution is -2.22. The van der Waals surface area contributed by atoms with E-state index in [0.717, 1.165) is 5.56 Å². The predicted octanol–water partition coefficient (Wildman–Crippen LogP) is 2.22. The smallest absolute Gasteiger partial charge is 0.255 e. The first kappa shape index (κ1) is 11.3. The Kier molecular flexibility index (Phi) is 3.14. The molecule has 1 heterocycles. The molecule has 2 N–H and O–H groups in total. The van der Waals surface area contributed by atoms with Crippen molar-refractivity contribution in [3.8, 4) is 5.75 Å². The lowest BCUT2D eigenvalue weighted by atomic mass is 10.2. The highest BCUT2D eigenvalue weighted by Gasteiger charge is 2.10. The van der Waals surface area contributed by atoms with Crippen LogP contribution in [0.25, 0.3) is 0 Å². The number of carbonyl (C=O) groups is 1. The van der Waals surface area contributed by atoms with E-state index < -0.39 is 0 Å².